The molecule has 1 aromatic rings. The maximum Gasteiger partial charge on any atom is 0.321 e. The molecular formula is C24H33N3O4. The average molecular weight is 428 g/mol. The molecule has 2 heterocycles. The van der Waals surface area contributed by atoms with Gasteiger partial charge in [-0.3, -0.25) is 15.0 Å². The van der Waals surface area contributed by atoms with Crippen molar-refractivity contribution in [2.45, 2.75) is 57.4 Å². The molecular weight excluding hydrogens is 394 g/mol. The summed E-state index contributed by atoms with van der Waals surface area (Å²) in [5.41, 5.74) is 2.53. The summed E-state index contributed by atoms with van der Waals surface area (Å²) < 4.78 is 11.5. The molecule has 0 bridgehead atoms. The Morgan fingerprint density at radius 2 is 1.94 bits per heavy atom. The summed E-state index contributed by atoms with van der Waals surface area (Å²) in [4.78, 5) is 26.7. The molecule has 7 nitrogen and oxygen atoms in total. The molecule has 0 aromatic heterocycles. The van der Waals surface area contributed by atoms with Crippen LogP contribution in [0.4, 0.5) is 4.79 Å². The van der Waals surface area contributed by atoms with Gasteiger partial charge in [0.15, 0.2) is 11.5 Å². The lowest BCUT2D eigenvalue weighted by Gasteiger charge is -2.24. The molecule has 1 atom stereocenters. The number of likely N-dealkylation sites (tertiary alicyclic amines) is 1. The fourth-order valence-electron chi connectivity index (χ4n) is 4.64. The molecule has 1 unspecified atom stereocenters. The van der Waals surface area contributed by atoms with Crippen LogP contribution in [-0.4, -0.2) is 49.7 Å². The summed E-state index contributed by atoms with van der Waals surface area (Å²) in [7, 11) is 0. The third-order valence-corrected chi connectivity index (χ3v) is 6.24. The second-order valence-corrected chi connectivity index (χ2v) is 8.55. The van der Waals surface area contributed by atoms with Gasteiger partial charge >= 0.3 is 6.03 Å². The Labute approximate surface area is 184 Å². The first-order valence-corrected chi connectivity index (χ1v) is 11.6. The molecule has 1 saturated heterocycles. The Morgan fingerprint density at radius 3 is 2.77 bits per heavy atom. The minimum atomic E-state index is -0.410. The van der Waals surface area contributed by atoms with E-state index in [0.29, 0.717) is 19.8 Å². The van der Waals surface area contributed by atoms with Crippen LogP contribution in [0.1, 0.15) is 63.0 Å². The molecule has 168 valence electrons. The monoisotopic (exact) mass is 427 g/mol. The lowest BCUT2D eigenvalue weighted by molar-refractivity contribution is -0.121. The lowest BCUT2D eigenvalue weighted by Crippen LogP contribution is -2.44. The van der Waals surface area contributed by atoms with E-state index in [0.717, 1.165) is 62.1 Å². The van der Waals surface area contributed by atoms with Crippen molar-refractivity contribution >= 4 is 11.9 Å². The predicted molar refractivity (Wildman–Crippen MR) is 118 cm³/mol. The summed E-state index contributed by atoms with van der Waals surface area (Å²) in [5, 5.41) is 5.29. The molecule has 0 saturated carbocycles. The topological polar surface area (TPSA) is 79.9 Å². The van der Waals surface area contributed by atoms with Crippen LogP contribution in [0.5, 0.6) is 11.5 Å². The zero-order chi connectivity index (χ0) is 21.5. The van der Waals surface area contributed by atoms with Gasteiger partial charge < -0.3 is 14.8 Å². The van der Waals surface area contributed by atoms with Crippen LogP contribution < -0.4 is 20.1 Å². The van der Waals surface area contributed by atoms with E-state index in [1.165, 1.54) is 18.4 Å². The number of hydrogen-bond acceptors (Lipinski definition) is 5. The average Bonchev–Trinajstić information content (AvgIpc) is 3.09. The van der Waals surface area contributed by atoms with Crippen LogP contribution in [0.3, 0.4) is 0 Å². The highest BCUT2D eigenvalue weighted by molar-refractivity contribution is 5.95. The van der Waals surface area contributed by atoms with E-state index in [2.05, 4.69) is 27.7 Å². The number of urea groups is 1. The summed E-state index contributed by atoms with van der Waals surface area (Å²) in [6.45, 7) is 2.93. The first kappa shape index (κ1) is 21.7. The third-order valence-electron chi connectivity index (χ3n) is 6.24. The van der Waals surface area contributed by atoms with Gasteiger partial charge in [0.2, 0.25) is 5.91 Å². The van der Waals surface area contributed by atoms with Crippen LogP contribution in [0, 0.1) is 0 Å². The molecule has 1 aliphatic carbocycles. The zero-order valence-electron chi connectivity index (χ0n) is 18.2. The number of nitrogens with one attached hydrogen (secondary N) is 2. The summed E-state index contributed by atoms with van der Waals surface area (Å²) in [5.74, 6) is 1.29. The molecule has 1 aromatic carbocycles. The van der Waals surface area contributed by atoms with Gasteiger partial charge in [-0.1, -0.05) is 17.7 Å². The number of hydrogen-bond donors (Lipinski definition) is 2. The molecule has 4 rings (SSSR count). The lowest BCUT2D eigenvalue weighted by atomic mass is 9.97. The summed E-state index contributed by atoms with van der Waals surface area (Å²) in [6.07, 6.45) is 10.8. The summed E-state index contributed by atoms with van der Waals surface area (Å²) >= 11 is 0. The molecule has 31 heavy (non-hydrogen) atoms. The van der Waals surface area contributed by atoms with Crippen LogP contribution in [-0.2, 0) is 4.79 Å². The van der Waals surface area contributed by atoms with Crippen molar-refractivity contribution in [1.29, 1.82) is 0 Å². The Morgan fingerprint density at radius 1 is 1.06 bits per heavy atom. The van der Waals surface area contributed by atoms with Crippen molar-refractivity contribution in [2.75, 3.05) is 32.8 Å². The van der Waals surface area contributed by atoms with Crippen LogP contribution in [0.25, 0.3) is 0 Å². The maximum absolute atomic E-state index is 12.5. The summed E-state index contributed by atoms with van der Waals surface area (Å²) in [6, 6.07) is 5.79. The largest absolute Gasteiger partial charge is 0.490 e. The number of rotatable bonds is 6. The Balaban J connectivity index is 1.26. The molecule has 2 aliphatic heterocycles. The van der Waals surface area contributed by atoms with Gasteiger partial charge in [-0.25, -0.2) is 4.79 Å². The van der Waals surface area contributed by atoms with E-state index in [9.17, 15) is 9.59 Å². The maximum atomic E-state index is 12.5. The van der Waals surface area contributed by atoms with Crippen LogP contribution in [0.15, 0.2) is 29.8 Å². The number of allylic oxidation sites excluding steroid dienone is 1. The van der Waals surface area contributed by atoms with E-state index >= 15 is 0 Å². The Bertz CT molecular complexity index is 823. The van der Waals surface area contributed by atoms with Gasteiger partial charge in [0, 0.05) is 19.0 Å². The van der Waals surface area contributed by atoms with Gasteiger partial charge in [-0.05, 0) is 69.2 Å². The van der Waals surface area contributed by atoms with Crippen LogP contribution >= 0.6 is 0 Å². The number of fused-ring (bicyclic) bond motifs is 1. The highest BCUT2D eigenvalue weighted by atomic mass is 16.5. The van der Waals surface area contributed by atoms with Gasteiger partial charge in [-0.15, -0.1) is 0 Å². The molecule has 1 fully saturated rings. The van der Waals surface area contributed by atoms with E-state index in [-0.39, 0.29) is 18.5 Å². The van der Waals surface area contributed by atoms with Crippen molar-refractivity contribution < 1.29 is 19.1 Å². The van der Waals surface area contributed by atoms with E-state index in [1.807, 2.05) is 12.1 Å². The first-order valence-electron chi connectivity index (χ1n) is 11.6. The number of ether oxygens (including phenoxy) is 2. The van der Waals surface area contributed by atoms with Gasteiger partial charge in [0.05, 0.1) is 19.8 Å². The predicted octanol–water partition coefficient (Wildman–Crippen LogP) is 3.70. The van der Waals surface area contributed by atoms with Gasteiger partial charge in [0.25, 0.3) is 0 Å². The molecule has 2 N–H and O–H groups in total. The minimum absolute atomic E-state index is 0.143. The van der Waals surface area contributed by atoms with Gasteiger partial charge in [0.1, 0.15) is 0 Å². The number of carbonyl (C=O) groups excluding carboxylic acids is 2. The van der Waals surface area contributed by atoms with Crippen molar-refractivity contribution in [2.24, 2.45) is 0 Å². The fourth-order valence-corrected chi connectivity index (χ4v) is 4.64. The first-order chi connectivity index (χ1) is 15.2. The van der Waals surface area contributed by atoms with E-state index in [1.54, 1.807) is 0 Å². The number of nitrogens with zero attached hydrogens (tertiary/aromatic N) is 1. The number of amides is 3. The molecule has 0 radical (unpaired) electrons. The third kappa shape index (κ3) is 6.00. The van der Waals surface area contributed by atoms with E-state index < -0.39 is 6.03 Å². The fraction of sp³-hybridized carbons (Fsp3) is 0.583. The van der Waals surface area contributed by atoms with Crippen molar-refractivity contribution in [3.05, 3.63) is 35.4 Å². The molecule has 3 amide bonds. The van der Waals surface area contributed by atoms with Crippen molar-refractivity contribution in [3.63, 3.8) is 0 Å². The number of carbonyl (C=O) groups is 2. The second-order valence-electron chi connectivity index (χ2n) is 8.55. The highest BCUT2D eigenvalue weighted by Gasteiger charge is 2.29. The quantitative estimate of drug-likeness (QED) is 0.677. The zero-order valence-corrected chi connectivity index (χ0v) is 18.2. The van der Waals surface area contributed by atoms with Crippen molar-refractivity contribution in [1.82, 2.24) is 15.5 Å². The highest BCUT2D eigenvalue weighted by Crippen LogP contribution is 2.37. The van der Waals surface area contributed by atoms with Crippen LogP contribution in [0.2, 0.25) is 0 Å². The van der Waals surface area contributed by atoms with E-state index in [4.69, 9.17) is 9.47 Å². The Kier molecular flexibility index (Phi) is 7.46. The normalized spacial score (nSPS) is 21.2. The SMILES string of the molecule is O=C(CN1CCCC1c1ccc2c(c1)OCCCO2)NC(=O)NCCC1=CCCCC1. The molecule has 0 spiro atoms. The standard InChI is InChI=1S/C24H33N3O4/c28-23(26-24(29)25-12-11-18-6-2-1-3-7-18)17-27-13-4-8-20(27)19-9-10-21-22(16-19)31-15-5-14-30-21/h6,9-10,16,20H,1-5,7-8,11-15,17H2,(H2,25,26,28,29). The molecule has 7 heteroatoms. The number of benzene rings is 1. The molecule has 3 aliphatic rings. The minimum Gasteiger partial charge on any atom is -0.490 e. The van der Waals surface area contributed by atoms with Crippen molar-refractivity contribution in [3.8, 4) is 11.5 Å². The smallest absolute Gasteiger partial charge is 0.321 e. The number of imide groups is 1. The van der Waals surface area contributed by atoms with Gasteiger partial charge in [-0.2, -0.15) is 0 Å². The Hall–Kier alpha value is -2.54. The second kappa shape index (κ2) is 10.7.